The lowest BCUT2D eigenvalue weighted by Gasteiger charge is -2.19. The van der Waals surface area contributed by atoms with Crippen LogP contribution in [0.5, 0.6) is 0 Å². The first-order valence-corrected chi connectivity index (χ1v) is 13.8. The maximum atomic E-state index is 12.7. The summed E-state index contributed by atoms with van der Waals surface area (Å²) in [6.07, 6.45) is 0.0648. The fraction of sp³-hybridized carbons (Fsp3) is 0.520. The Labute approximate surface area is 235 Å². The van der Waals surface area contributed by atoms with Crippen LogP contribution in [-0.2, 0) is 23.8 Å². The highest BCUT2D eigenvalue weighted by Crippen LogP contribution is 2.31. The van der Waals surface area contributed by atoms with Crippen LogP contribution in [0.2, 0.25) is 10.0 Å². The van der Waals surface area contributed by atoms with Crippen LogP contribution < -0.4 is 10.6 Å². The van der Waals surface area contributed by atoms with Crippen molar-refractivity contribution in [1.29, 1.82) is 0 Å². The molecule has 1 atom stereocenters. The molecular weight excluding hydrogens is 555 g/mol. The Bertz CT molecular complexity index is 1120. The van der Waals surface area contributed by atoms with E-state index in [1.54, 1.807) is 43.2 Å². The first-order chi connectivity index (χ1) is 18.0. The van der Waals surface area contributed by atoms with Crippen molar-refractivity contribution in [1.82, 2.24) is 15.2 Å². The Morgan fingerprint density at radius 1 is 1.13 bits per heavy atom. The van der Waals surface area contributed by atoms with E-state index in [9.17, 15) is 14.4 Å². The van der Waals surface area contributed by atoms with Gasteiger partial charge in [0.25, 0.3) is 0 Å². The molecule has 0 saturated carbocycles. The van der Waals surface area contributed by atoms with Gasteiger partial charge in [0.2, 0.25) is 11.8 Å². The molecule has 38 heavy (non-hydrogen) atoms. The molecule has 0 spiro atoms. The fourth-order valence-electron chi connectivity index (χ4n) is 3.53. The molecule has 3 amide bonds. The molecule has 10 nitrogen and oxygen atoms in total. The normalized spacial score (nSPS) is 15.4. The van der Waals surface area contributed by atoms with Crippen LogP contribution in [0, 0.1) is 5.92 Å². The molecule has 0 aliphatic carbocycles. The number of thiazole rings is 1. The molecule has 0 bridgehead atoms. The van der Waals surface area contributed by atoms with Gasteiger partial charge in [-0.2, -0.15) is 0 Å². The van der Waals surface area contributed by atoms with E-state index >= 15 is 0 Å². The third-order valence-corrected chi connectivity index (χ3v) is 6.98. The van der Waals surface area contributed by atoms with Crippen molar-refractivity contribution < 1.29 is 28.6 Å². The van der Waals surface area contributed by atoms with Gasteiger partial charge in [0.05, 0.1) is 35.8 Å². The molecule has 1 aromatic carbocycles. The van der Waals surface area contributed by atoms with Crippen molar-refractivity contribution in [3.8, 4) is 10.6 Å². The van der Waals surface area contributed by atoms with Gasteiger partial charge >= 0.3 is 6.09 Å². The second kappa shape index (κ2) is 14.1. The van der Waals surface area contributed by atoms with E-state index < -0.39 is 11.7 Å². The highest BCUT2D eigenvalue weighted by atomic mass is 35.5. The van der Waals surface area contributed by atoms with Crippen LogP contribution in [0.4, 0.5) is 10.6 Å². The summed E-state index contributed by atoms with van der Waals surface area (Å²) >= 11 is 13.4. The van der Waals surface area contributed by atoms with E-state index in [4.69, 9.17) is 37.4 Å². The van der Waals surface area contributed by atoms with Gasteiger partial charge in [0.15, 0.2) is 0 Å². The first kappa shape index (κ1) is 30.1. The molecule has 0 unspecified atom stereocenters. The standard InChI is InChI=1S/C25H32Cl2N4O6S/c1-25(2,3)37-24(34)28-7-9-35-10-11-36-14-21(32)31-8-6-17(13-31)22(33)29-20-15-38-23(30-20)16-4-5-18(26)19(27)12-16/h4-5,12,15,17H,6-11,13-14H2,1-3H3,(H,28,34)(H,29,33)/t17-/m1/s1. The third kappa shape index (κ3) is 9.70. The van der Waals surface area contributed by atoms with E-state index in [-0.39, 0.29) is 37.6 Å². The predicted molar refractivity (Wildman–Crippen MR) is 147 cm³/mol. The predicted octanol–water partition coefficient (Wildman–Crippen LogP) is 4.46. The average molecular weight is 588 g/mol. The first-order valence-electron chi connectivity index (χ1n) is 12.1. The number of ether oxygens (including phenoxy) is 3. The molecule has 1 aromatic heterocycles. The summed E-state index contributed by atoms with van der Waals surface area (Å²) in [7, 11) is 0. The number of halogens is 2. The number of rotatable bonds is 11. The lowest BCUT2D eigenvalue weighted by atomic mass is 10.1. The molecule has 2 N–H and O–H groups in total. The lowest BCUT2D eigenvalue weighted by molar-refractivity contribution is -0.135. The lowest BCUT2D eigenvalue weighted by Crippen LogP contribution is -2.35. The van der Waals surface area contributed by atoms with E-state index in [1.165, 1.54) is 11.3 Å². The summed E-state index contributed by atoms with van der Waals surface area (Å²) in [5.41, 5.74) is 0.259. The Balaban J connectivity index is 1.30. The number of alkyl carbamates (subject to hydrolysis) is 1. The van der Waals surface area contributed by atoms with Gasteiger partial charge in [-0.05, 0) is 39.3 Å². The monoisotopic (exact) mass is 586 g/mol. The minimum Gasteiger partial charge on any atom is -0.444 e. The van der Waals surface area contributed by atoms with Crippen molar-refractivity contribution in [3.05, 3.63) is 33.6 Å². The van der Waals surface area contributed by atoms with Crippen LogP contribution in [0.3, 0.4) is 0 Å². The molecule has 1 aliphatic rings. The van der Waals surface area contributed by atoms with Crippen molar-refractivity contribution in [2.24, 2.45) is 5.92 Å². The number of anilines is 1. The maximum Gasteiger partial charge on any atom is 0.407 e. The van der Waals surface area contributed by atoms with Crippen molar-refractivity contribution >= 4 is 58.3 Å². The number of nitrogens with zero attached hydrogens (tertiary/aromatic N) is 2. The van der Waals surface area contributed by atoms with Gasteiger partial charge in [-0.1, -0.05) is 29.3 Å². The summed E-state index contributed by atoms with van der Waals surface area (Å²) in [5.74, 6) is -0.228. The zero-order valence-electron chi connectivity index (χ0n) is 21.6. The Kier molecular flexibility index (Phi) is 11.2. The van der Waals surface area contributed by atoms with E-state index in [0.717, 1.165) is 5.56 Å². The van der Waals surface area contributed by atoms with Crippen LogP contribution in [-0.4, -0.2) is 79.5 Å². The zero-order valence-corrected chi connectivity index (χ0v) is 23.9. The number of benzene rings is 1. The van der Waals surface area contributed by atoms with Crippen molar-refractivity contribution in [2.45, 2.75) is 32.8 Å². The second-order valence-electron chi connectivity index (χ2n) is 9.58. The van der Waals surface area contributed by atoms with Crippen molar-refractivity contribution in [2.75, 3.05) is 51.4 Å². The van der Waals surface area contributed by atoms with E-state index in [2.05, 4.69) is 15.6 Å². The van der Waals surface area contributed by atoms with Crippen LogP contribution in [0.1, 0.15) is 27.2 Å². The number of aromatic nitrogens is 1. The second-order valence-corrected chi connectivity index (χ2v) is 11.2. The summed E-state index contributed by atoms with van der Waals surface area (Å²) in [5, 5.41) is 8.80. The minimum atomic E-state index is -0.552. The number of hydrogen-bond donors (Lipinski definition) is 2. The van der Waals surface area contributed by atoms with Crippen LogP contribution in [0.25, 0.3) is 10.6 Å². The number of amides is 3. The summed E-state index contributed by atoms with van der Waals surface area (Å²) in [4.78, 5) is 42.8. The van der Waals surface area contributed by atoms with Crippen LogP contribution >= 0.6 is 34.5 Å². The largest absolute Gasteiger partial charge is 0.444 e. The molecule has 2 aromatic rings. The minimum absolute atomic E-state index is 0.0903. The van der Waals surface area contributed by atoms with E-state index in [0.29, 0.717) is 53.5 Å². The number of carbonyl (C=O) groups is 3. The number of nitrogens with one attached hydrogen (secondary N) is 2. The van der Waals surface area contributed by atoms with Crippen molar-refractivity contribution in [3.63, 3.8) is 0 Å². The number of likely N-dealkylation sites (tertiary alicyclic amines) is 1. The summed E-state index contributed by atoms with van der Waals surface area (Å²) in [6, 6.07) is 5.25. The molecule has 1 fully saturated rings. The van der Waals surface area contributed by atoms with Gasteiger partial charge < -0.3 is 29.7 Å². The topological polar surface area (TPSA) is 119 Å². The number of hydrogen-bond acceptors (Lipinski definition) is 8. The van der Waals surface area contributed by atoms with Gasteiger partial charge in [0.1, 0.15) is 23.0 Å². The van der Waals surface area contributed by atoms with Gasteiger partial charge in [-0.3, -0.25) is 9.59 Å². The molecular formula is C25H32Cl2N4O6S. The molecule has 13 heteroatoms. The molecule has 208 valence electrons. The highest BCUT2D eigenvalue weighted by molar-refractivity contribution is 7.13. The molecule has 1 saturated heterocycles. The van der Waals surface area contributed by atoms with Crippen LogP contribution in [0.15, 0.2) is 23.6 Å². The quantitative estimate of drug-likeness (QED) is 0.373. The Morgan fingerprint density at radius 2 is 1.89 bits per heavy atom. The fourth-order valence-corrected chi connectivity index (χ4v) is 4.58. The molecule has 3 rings (SSSR count). The average Bonchev–Trinajstić information content (AvgIpc) is 3.51. The maximum absolute atomic E-state index is 12.7. The molecule has 1 aliphatic heterocycles. The molecule has 0 radical (unpaired) electrons. The SMILES string of the molecule is CC(C)(C)OC(=O)NCCOCCOCC(=O)N1CC[C@@H](C(=O)Nc2csc(-c3ccc(Cl)c(Cl)c3)n2)C1. The van der Waals surface area contributed by atoms with Gasteiger partial charge in [-0.15, -0.1) is 11.3 Å². The zero-order chi connectivity index (χ0) is 27.7. The van der Waals surface area contributed by atoms with Gasteiger partial charge in [0, 0.05) is 30.6 Å². The summed E-state index contributed by atoms with van der Waals surface area (Å²) in [6.45, 7) is 7.21. The smallest absolute Gasteiger partial charge is 0.407 e. The molecule has 2 heterocycles. The summed E-state index contributed by atoms with van der Waals surface area (Å²) < 4.78 is 15.9. The number of carbonyl (C=O) groups excluding carboxylic acids is 3. The van der Waals surface area contributed by atoms with Gasteiger partial charge in [-0.25, -0.2) is 9.78 Å². The third-order valence-electron chi connectivity index (χ3n) is 5.35. The Hall–Kier alpha value is -2.44. The highest BCUT2D eigenvalue weighted by Gasteiger charge is 2.31. The van der Waals surface area contributed by atoms with E-state index in [1.807, 2.05) is 6.07 Å². The Morgan fingerprint density at radius 3 is 2.63 bits per heavy atom.